The minimum absolute atomic E-state index is 0.338. The molecule has 38 heavy (non-hydrogen) atoms. The first-order valence-electron chi connectivity index (χ1n) is 12.9. The average Bonchev–Trinajstić information content (AvgIpc) is 2.90. The molecule has 0 spiro atoms. The number of amides is 1. The summed E-state index contributed by atoms with van der Waals surface area (Å²) in [7, 11) is 1.64. The summed E-state index contributed by atoms with van der Waals surface area (Å²) < 4.78 is 35.7. The smallest absolute Gasteiger partial charge is 0.407 e. The van der Waals surface area contributed by atoms with Gasteiger partial charge in [0.1, 0.15) is 35.1 Å². The van der Waals surface area contributed by atoms with Crippen molar-refractivity contribution >= 4 is 17.9 Å². The molecule has 0 radical (unpaired) electrons. The zero-order valence-electron chi connectivity index (χ0n) is 22.3. The number of hydrogen-bond donors (Lipinski definition) is 2. The SMILES string of the molecule is COc1ccc(S[C@@H]2OC3COC(c4ccccc4)O[C@@H]3[C@H](OCCCNC(=O)OC(C)(C)C)C2N)cc1. The number of hydrogen-bond acceptors (Lipinski definition) is 9. The number of ether oxygens (including phenoxy) is 6. The van der Waals surface area contributed by atoms with E-state index in [1.165, 1.54) is 11.8 Å². The quantitative estimate of drug-likeness (QED) is 0.446. The van der Waals surface area contributed by atoms with Crippen LogP contribution in [0.15, 0.2) is 59.5 Å². The lowest BCUT2D eigenvalue weighted by molar-refractivity contribution is -0.310. The first-order chi connectivity index (χ1) is 18.2. The Balaban J connectivity index is 1.40. The van der Waals surface area contributed by atoms with Gasteiger partial charge in [0.25, 0.3) is 0 Å². The minimum atomic E-state index is -0.545. The molecule has 2 aliphatic rings. The second kappa shape index (κ2) is 13.1. The van der Waals surface area contributed by atoms with Crippen LogP contribution in [0.2, 0.25) is 0 Å². The fourth-order valence-corrected chi connectivity index (χ4v) is 5.34. The number of carbonyl (C=O) groups is 1. The van der Waals surface area contributed by atoms with E-state index >= 15 is 0 Å². The van der Waals surface area contributed by atoms with Gasteiger partial charge >= 0.3 is 6.09 Å². The molecule has 0 bridgehead atoms. The number of alkyl carbamates (subject to hydrolysis) is 1. The zero-order chi connectivity index (χ0) is 27.1. The Morgan fingerprint density at radius 1 is 1.11 bits per heavy atom. The van der Waals surface area contributed by atoms with Crippen LogP contribution in [-0.2, 0) is 23.7 Å². The maximum Gasteiger partial charge on any atom is 0.407 e. The topological polar surface area (TPSA) is 110 Å². The molecule has 4 rings (SSSR count). The lowest BCUT2D eigenvalue weighted by Gasteiger charge is -2.48. The molecule has 2 aliphatic heterocycles. The molecule has 2 aromatic carbocycles. The molecule has 2 saturated heterocycles. The highest BCUT2D eigenvalue weighted by molar-refractivity contribution is 7.99. The molecule has 10 heteroatoms. The van der Waals surface area contributed by atoms with Crippen molar-refractivity contribution in [3.8, 4) is 5.75 Å². The van der Waals surface area contributed by atoms with Crippen molar-refractivity contribution in [1.29, 1.82) is 0 Å². The van der Waals surface area contributed by atoms with Crippen LogP contribution in [0.4, 0.5) is 4.79 Å². The van der Waals surface area contributed by atoms with Crippen LogP contribution in [0.1, 0.15) is 39.0 Å². The van der Waals surface area contributed by atoms with Gasteiger partial charge in [0.15, 0.2) is 6.29 Å². The summed E-state index contributed by atoms with van der Waals surface area (Å²) in [6, 6.07) is 17.1. The maximum atomic E-state index is 11.9. The first-order valence-corrected chi connectivity index (χ1v) is 13.7. The predicted molar refractivity (Wildman–Crippen MR) is 144 cm³/mol. The molecular formula is C28H38N2O7S. The number of fused-ring (bicyclic) bond motifs is 1. The van der Waals surface area contributed by atoms with Gasteiger partial charge in [-0.3, -0.25) is 0 Å². The standard InChI is InChI=1S/C28H38N2O7S/c1-28(2,3)37-27(31)30-15-8-16-33-24-22(29)26(38-20-13-11-19(32-4)12-14-20)35-21-17-34-25(36-23(21)24)18-9-6-5-7-10-18/h5-7,9-14,21-26H,8,15-17,29H2,1-4H3,(H,30,31)/t21?,22?,23-,24+,25?,26-/m0/s1. The Kier molecular flexibility index (Phi) is 9.91. The van der Waals surface area contributed by atoms with Crippen LogP contribution in [0.3, 0.4) is 0 Å². The summed E-state index contributed by atoms with van der Waals surface area (Å²) in [5, 5.41) is 2.76. The van der Waals surface area contributed by atoms with E-state index in [0.29, 0.717) is 26.2 Å². The summed E-state index contributed by atoms with van der Waals surface area (Å²) in [6.07, 6.45) is -1.56. The van der Waals surface area contributed by atoms with Gasteiger partial charge in [-0.2, -0.15) is 0 Å². The van der Waals surface area contributed by atoms with Crippen LogP contribution in [0.5, 0.6) is 5.75 Å². The largest absolute Gasteiger partial charge is 0.497 e. The molecular weight excluding hydrogens is 508 g/mol. The first kappa shape index (κ1) is 28.7. The third-order valence-corrected chi connectivity index (χ3v) is 7.27. The lowest BCUT2D eigenvalue weighted by Crippen LogP contribution is -2.64. The van der Waals surface area contributed by atoms with Gasteiger partial charge in [0.2, 0.25) is 0 Å². The fraction of sp³-hybridized carbons (Fsp3) is 0.536. The number of methoxy groups -OCH3 is 1. The van der Waals surface area contributed by atoms with Crippen LogP contribution >= 0.6 is 11.8 Å². The van der Waals surface area contributed by atoms with Crippen LogP contribution < -0.4 is 15.8 Å². The Morgan fingerprint density at radius 3 is 2.53 bits per heavy atom. The van der Waals surface area contributed by atoms with Crippen LogP contribution in [-0.4, -0.2) is 68.4 Å². The van der Waals surface area contributed by atoms with Crippen molar-refractivity contribution in [3.05, 3.63) is 60.2 Å². The summed E-state index contributed by atoms with van der Waals surface area (Å²) in [5.41, 5.74) is 6.76. The normalized spacial score (nSPS) is 27.3. The van der Waals surface area contributed by atoms with Crippen molar-refractivity contribution in [2.24, 2.45) is 5.73 Å². The minimum Gasteiger partial charge on any atom is -0.497 e. The van der Waals surface area contributed by atoms with E-state index < -0.39 is 36.2 Å². The van der Waals surface area contributed by atoms with E-state index in [4.69, 9.17) is 34.2 Å². The number of nitrogens with one attached hydrogen (secondary N) is 1. The highest BCUT2D eigenvalue weighted by Gasteiger charge is 2.49. The van der Waals surface area contributed by atoms with E-state index in [2.05, 4.69) is 5.32 Å². The summed E-state index contributed by atoms with van der Waals surface area (Å²) in [4.78, 5) is 12.9. The van der Waals surface area contributed by atoms with Gasteiger partial charge in [-0.25, -0.2) is 4.79 Å². The summed E-state index contributed by atoms with van der Waals surface area (Å²) in [6.45, 7) is 6.65. The number of thioether (sulfide) groups is 1. The van der Waals surface area contributed by atoms with E-state index in [1.807, 2.05) is 75.4 Å². The lowest BCUT2D eigenvalue weighted by atomic mass is 9.97. The Morgan fingerprint density at radius 2 is 1.84 bits per heavy atom. The highest BCUT2D eigenvalue weighted by Crippen LogP contribution is 2.39. The van der Waals surface area contributed by atoms with Gasteiger partial charge in [-0.1, -0.05) is 42.1 Å². The molecule has 3 unspecified atom stereocenters. The van der Waals surface area contributed by atoms with Crippen molar-refractivity contribution in [2.45, 2.75) is 73.8 Å². The third-order valence-electron chi connectivity index (χ3n) is 6.07. The average molecular weight is 547 g/mol. The van der Waals surface area contributed by atoms with Gasteiger partial charge in [-0.05, 0) is 51.5 Å². The molecule has 9 nitrogen and oxygen atoms in total. The van der Waals surface area contributed by atoms with Gasteiger partial charge in [-0.15, -0.1) is 0 Å². The molecule has 3 N–H and O–H groups in total. The van der Waals surface area contributed by atoms with Crippen molar-refractivity contribution in [1.82, 2.24) is 5.32 Å². The molecule has 2 heterocycles. The van der Waals surface area contributed by atoms with Crippen molar-refractivity contribution in [3.63, 3.8) is 0 Å². The molecule has 0 aromatic heterocycles. The molecule has 6 atom stereocenters. The number of nitrogens with two attached hydrogens (primary N) is 1. The molecule has 2 fully saturated rings. The summed E-state index contributed by atoms with van der Waals surface area (Å²) >= 11 is 1.53. The van der Waals surface area contributed by atoms with Crippen LogP contribution in [0.25, 0.3) is 0 Å². The fourth-order valence-electron chi connectivity index (χ4n) is 4.27. The summed E-state index contributed by atoms with van der Waals surface area (Å²) in [5.74, 6) is 0.783. The maximum absolute atomic E-state index is 11.9. The number of benzene rings is 2. The third kappa shape index (κ3) is 7.84. The van der Waals surface area contributed by atoms with E-state index in [-0.39, 0.29) is 11.5 Å². The second-order valence-corrected chi connectivity index (χ2v) is 11.4. The Bertz CT molecular complexity index is 1020. The van der Waals surface area contributed by atoms with Gasteiger partial charge < -0.3 is 39.5 Å². The second-order valence-electron chi connectivity index (χ2n) is 10.2. The zero-order valence-corrected chi connectivity index (χ0v) is 23.1. The molecule has 1 amide bonds. The van der Waals surface area contributed by atoms with E-state index in [1.54, 1.807) is 7.11 Å². The molecule has 0 aliphatic carbocycles. The number of rotatable bonds is 9. The van der Waals surface area contributed by atoms with Crippen LogP contribution in [0, 0.1) is 0 Å². The van der Waals surface area contributed by atoms with Gasteiger partial charge in [0.05, 0.1) is 19.8 Å². The monoisotopic (exact) mass is 546 g/mol. The Hall–Kier alpha value is -2.34. The van der Waals surface area contributed by atoms with E-state index in [0.717, 1.165) is 16.2 Å². The van der Waals surface area contributed by atoms with Crippen molar-refractivity contribution in [2.75, 3.05) is 26.9 Å². The predicted octanol–water partition coefficient (Wildman–Crippen LogP) is 4.25. The molecule has 208 valence electrons. The van der Waals surface area contributed by atoms with Gasteiger partial charge in [0, 0.05) is 23.6 Å². The highest BCUT2D eigenvalue weighted by atomic mass is 32.2. The molecule has 2 aromatic rings. The van der Waals surface area contributed by atoms with E-state index in [9.17, 15) is 4.79 Å². The van der Waals surface area contributed by atoms with Crippen molar-refractivity contribution < 1.29 is 33.2 Å². The number of carbonyl (C=O) groups excluding carboxylic acids is 1. The molecule has 0 saturated carbocycles. The Labute approximate surface area is 228 Å².